The SMILES string of the molecule is CC(=O)OCc1ccc(CBr)s1. The van der Waals surface area contributed by atoms with Crippen molar-refractivity contribution in [1.29, 1.82) is 0 Å². The van der Waals surface area contributed by atoms with E-state index in [0.29, 0.717) is 6.61 Å². The highest BCUT2D eigenvalue weighted by Crippen LogP contribution is 2.19. The summed E-state index contributed by atoms with van der Waals surface area (Å²) in [6.07, 6.45) is 0. The van der Waals surface area contributed by atoms with Gasteiger partial charge in [0.1, 0.15) is 6.61 Å². The van der Waals surface area contributed by atoms with Crippen molar-refractivity contribution in [2.45, 2.75) is 18.9 Å². The Kier molecular flexibility index (Phi) is 3.75. The number of halogens is 1. The van der Waals surface area contributed by atoms with Crippen LogP contribution in [-0.4, -0.2) is 5.97 Å². The van der Waals surface area contributed by atoms with Crippen molar-refractivity contribution in [3.05, 3.63) is 21.9 Å². The third kappa shape index (κ3) is 2.95. The molecule has 0 fully saturated rings. The Morgan fingerprint density at radius 1 is 1.58 bits per heavy atom. The molecule has 1 heterocycles. The summed E-state index contributed by atoms with van der Waals surface area (Å²) in [6.45, 7) is 1.81. The summed E-state index contributed by atoms with van der Waals surface area (Å²) >= 11 is 5.00. The van der Waals surface area contributed by atoms with Gasteiger partial charge in [-0.2, -0.15) is 0 Å². The minimum absolute atomic E-state index is 0.233. The van der Waals surface area contributed by atoms with Gasteiger partial charge in [0.05, 0.1) is 0 Å². The van der Waals surface area contributed by atoms with Gasteiger partial charge in [0.15, 0.2) is 0 Å². The Hall–Kier alpha value is -0.350. The van der Waals surface area contributed by atoms with Crippen molar-refractivity contribution >= 4 is 33.2 Å². The van der Waals surface area contributed by atoms with Gasteiger partial charge in [0, 0.05) is 22.0 Å². The molecule has 0 unspecified atom stereocenters. The second kappa shape index (κ2) is 4.62. The van der Waals surface area contributed by atoms with Gasteiger partial charge in [-0.3, -0.25) is 4.79 Å². The van der Waals surface area contributed by atoms with E-state index in [4.69, 9.17) is 4.74 Å². The number of alkyl halides is 1. The largest absolute Gasteiger partial charge is 0.460 e. The van der Waals surface area contributed by atoms with E-state index >= 15 is 0 Å². The molecule has 0 atom stereocenters. The molecule has 1 rings (SSSR count). The van der Waals surface area contributed by atoms with Gasteiger partial charge in [-0.1, -0.05) is 15.9 Å². The van der Waals surface area contributed by atoms with E-state index in [1.54, 1.807) is 11.3 Å². The van der Waals surface area contributed by atoms with Crippen molar-refractivity contribution in [1.82, 2.24) is 0 Å². The van der Waals surface area contributed by atoms with Gasteiger partial charge in [0.25, 0.3) is 0 Å². The van der Waals surface area contributed by atoms with Crippen molar-refractivity contribution in [2.24, 2.45) is 0 Å². The van der Waals surface area contributed by atoms with Gasteiger partial charge >= 0.3 is 5.97 Å². The highest BCUT2D eigenvalue weighted by Gasteiger charge is 2.00. The fourth-order valence-corrected chi connectivity index (χ4v) is 2.06. The average Bonchev–Trinajstić information content (AvgIpc) is 2.48. The number of ether oxygens (including phenoxy) is 1. The number of carbonyl (C=O) groups is 1. The molecule has 0 N–H and O–H groups in total. The Bertz CT molecular complexity index is 270. The summed E-state index contributed by atoms with van der Waals surface area (Å²) < 4.78 is 4.84. The molecule has 0 saturated carbocycles. The molecule has 0 radical (unpaired) electrons. The fraction of sp³-hybridized carbons (Fsp3) is 0.375. The lowest BCUT2D eigenvalue weighted by Crippen LogP contribution is -1.96. The van der Waals surface area contributed by atoms with Crippen LogP contribution in [0.4, 0.5) is 0 Å². The number of esters is 1. The molecule has 0 bridgehead atoms. The first-order valence-corrected chi connectivity index (χ1v) is 5.43. The lowest BCUT2D eigenvalue weighted by atomic mass is 10.4. The maximum absolute atomic E-state index is 10.5. The van der Waals surface area contributed by atoms with E-state index in [-0.39, 0.29) is 5.97 Å². The molecule has 1 aromatic rings. The smallest absolute Gasteiger partial charge is 0.302 e. The Balaban J connectivity index is 2.47. The number of rotatable bonds is 3. The van der Waals surface area contributed by atoms with Crippen LogP contribution < -0.4 is 0 Å². The van der Waals surface area contributed by atoms with Crippen LogP contribution in [0.2, 0.25) is 0 Å². The average molecular weight is 249 g/mol. The zero-order valence-corrected chi connectivity index (χ0v) is 9.07. The highest BCUT2D eigenvalue weighted by atomic mass is 79.9. The third-order valence-corrected chi connectivity index (χ3v) is 3.30. The molecular formula is C8H9BrO2S. The van der Waals surface area contributed by atoms with Crippen LogP contribution in [0, 0.1) is 0 Å². The van der Waals surface area contributed by atoms with Gasteiger partial charge in [-0.25, -0.2) is 0 Å². The van der Waals surface area contributed by atoms with Gasteiger partial charge in [0.2, 0.25) is 0 Å². The Morgan fingerprint density at radius 3 is 2.75 bits per heavy atom. The standard InChI is InChI=1S/C8H9BrO2S/c1-6(10)11-5-8-3-2-7(4-9)12-8/h2-3H,4-5H2,1H3. The number of thiophene rings is 1. The molecule has 12 heavy (non-hydrogen) atoms. The number of hydrogen-bond donors (Lipinski definition) is 0. The number of carbonyl (C=O) groups excluding carboxylic acids is 1. The van der Waals surface area contributed by atoms with E-state index in [9.17, 15) is 4.79 Å². The van der Waals surface area contributed by atoms with Gasteiger partial charge in [-0.15, -0.1) is 11.3 Å². The second-order valence-corrected chi connectivity index (χ2v) is 4.10. The first kappa shape index (κ1) is 9.74. The molecule has 0 aliphatic rings. The van der Waals surface area contributed by atoms with Crippen LogP contribution in [0.1, 0.15) is 16.7 Å². The van der Waals surface area contributed by atoms with Crippen molar-refractivity contribution in [3.8, 4) is 0 Å². The monoisotopic (exact) mass is 248 g/mol. The molecule has 66 valence electrons. The van der Waals surface area contributed by atoms with Crippen LogP contribution in [0.15, 0.2) is 12.1 Å². The zero-order chi connectivity index (χ0) is 8.97. The minimum atomic E-state index is -0.233. The highest BCUT2D eigenvalue weighted by molar-refractivity contribution is 9.08. The first-order valence-electron chi connectivity index (χ1n) is 3.49. The third-order valence-electron chi connectivity index (χ3n) is 1.27. The van der Waals surface area contributed by atoms with Crippen molar-refractivity contribution in [2.75, 3.05) is 0 Å². The molecule has 0 amide bonds. The van der Waals surface area contributed by atoms with Crippen molar-refractivity contribution in [3.63, 3.8) is 0 Å². The van der Waals surface area contributed by atoms with Crippen LogP contribution in [0.5, 0.6) is 0 Å². The molecule has 0 spiro atoms. The maximum atomic E-state index is 10.5. The molecule has 4 heteroatoms. The molecule has 2 nitrogen and oxygen atoms in total. The summed E-state index contributed by atoms with van der Waals surface area (Å²) in [7, 11) is 0. The molecule has 0 aliphatic heterocycles. The molecular weight excluding hydrogens is 240 g/mol. The predicted octanol–water partition coefficient (Wildman–Crippen LogP) is 2.71. The van der Waals surface area contributed by atoms with Crippen LogP contribution >= 0.6 is 27.3 Å². The quantitative estimate of drug-likeness (QED) is 0.608. The molecule has 0 saturated heterocycles. The first-order chi connectivity index (χ1) is 5.72. The van der Waals surface area contributed by atoms with Crippen LogP contribution in [0.3, 0.4) is 0 Å². The zero-order valence-electron chi connectivity index (χ0n) is 6.67. The van der Waals surface area contributed by atoms with Gasteiger partial charge < -0.3 is 4.74 Å². The summed E-state index contributed by atoms with van der Waals surface area (Å²) in [5.74, 6) is -0.233. The maximum Gasteiger partial charge on any atom is 0.302 e. The van der Waals surface area contributed by atoms with Gasteiger partial charge in [-0.05, 0) is 12.1 Å². The summed E-state index contributed by atoms with van der Waals surface area (Å²) in [6, 6.07) is 4.00. The number of hydrogen-bond acceptors (Lipinski definition) is 3. The minimum Gasteiger partial charge on any atom is -0.460 e. The Morgan fingerprint density at radius 2 is 2.25 bits per heavy atom. The summed E-state index contributed by atoms with van der Waals surface area (Å²) in [4.78, 5) is 12.8. The van der Waals surface area contributed by atoms with Crippen molar-refractivity contribution < 1.29 is 9.53 Å². The van der Waals surface area contributed by atoms with E-state index in [2.05, 4.69) is 15.9 Å². The van der Waals surface area contributed by atoms with E-state index in [1.165, 1.54) is 11.8 Å². The van der Waals surface area contributed by atoms with E-state index in [0.717, 1.165) is 10.2 Å². The fourth-order valence-electron chi connectivity index (χ4n) is 0.744. The molecule has 1 aromatic heterocycles. The summed E-state index contributed by atoms with van der Waals surface area (Å²) in [5.41, 5.74) is 0. The van der Waals surface area contributed by atoms with Crippen LogP contribution in [0.25, 0.3) is 0 Å². The Labute approximate surface area is 83.7 Å². The second-order valence-electron chi connectivity index (χ2n) is 2.28. The normalized spacial score (nSPS) is 9.83. The lowest BCUT2D eigenvalue weighted by Gasteiger charge is -1.96. The molecule has 0 aromatic carbocycles. The topological polar surface area (TPSA) is 26.3 Å². The summed E-state index contributed by atoms with van der Waals surface area (Å²) in [5, 5.41) is 0.859. The van der Waals surface area contributed by atoms with E-state index in [1.807, 2.05) is 12.1 Å². The van der Waals surface area contributed by atoms with E-state index < -0.39 is 0 Å². The predicted molar refractivity (Wildman–Crippen MR) is 52.4 cm³/mol. The van der Waals surface area contributed by atoms with Crippen LogP contribution in [-0.2, 0) is 21.5 Å². The molecule has 0 aliphatic carbocycles. The lowest BCUT2D eigenvalue weighted by molar-refractivity contribution is -0.142.